The van der Waals surface area contributed by atoms with Crippen LogP contribution in [-0.4, -0.2) is 25.1 Å². The zero-order chi connectivity index (χ0) is 9.10. The fraction of sp³-hybridized carbons (Fsp3) is 0.143. The minimum atomic E-state index is 0.341. The van der Waals surface area contributed by atoms with Gasteiger partial charge in [-0.2, -0.15) is 5.10 Å². The fourth-order valence-electron chi connectivity index (χ4n) is 0.916. The van der Waals surface area contributed by atoms with E-state index in [0.717, 1.165) is 0 Å². The molecule has 0 radical (unpaired) electrons. The van der Waals surface area contributed by atoms with Gasteiger partial charge in [0.05, 0.1) is 12.7 Å². The molecule has 2 aromatic heterocycles. The van der Waals surface area contributed by atoms with Crippen molar-refractivity contribution < 1.29 is 0 Å². The summed E-state index contributed by atoms with van der Waals surface area (Å²) in [5.74, 6) is 1.16. The van der Waals surface area contributed by atoms with Crippen LogP contribution in [0.3, 0.4) is 0 Å². The molecule has 0 aromatic carbocycles. The summed E-state index contributed by atoms with van der Waals surface area (Å²) in [4.78, 5) is 12.1. The van der Waals surface area contributed by atoms with Gasteiger partial charge in [-0.15, -0.1) is 0 Å². The predicted octanol–water partition coefficient (Wildman–Crippen LogP) is -0.280. The molecular weight excluding hydrogens is 168 g/mol. The van der Waals surface area contributed by atoms with Gasteiger partial charge in [-0.05, 0) is 0 Å². The molecule has 0 unspecified atom stereocenters. The summed E-state index contributed by atoms with van der Waals surface area (Å²) in [6.07, 6.45) is 4.79. The Morgan fingerprint density at radius 2 is 2.31 bits per heavy atom. The first kappa shape index (κ1) is 7.81. The Balaban J connectivity index is 2.36. The van der Waals surface area contributed by atoms with Crippen molar-refractivity contribution in [3.8, 4) is 11.5 Å². The third-order valence-corrected chi connectivity index (χ3v) is 1.52. The summed E-state index contributed by atoms with van der Waals surface area (Å²) >= 11 is 0. The number of nitrogens with two attached hydrogens (primary N) is 1. The molecule has 0 saturated heterocycles. The van der Waals surface area contributed by atoms with Crippen molar-refractivity contribution in [2.45, 2.75) is 6.54 Å². The molecule has 13 heavy (non-hydrogen) atoms. The molecule has 2 aromatic rings. The first-order valence-electron chi connectivity index (χ1n) is 3.78. The predicted molar refractivity (Wildman–Crippen MR) is 45.3 cm³/mol. The standard InChI is InChI=1S/C7H8N6/c8-3-6-11-7(13-12-6)5-4-9-1-2-10-5/h1-2,4H,3,8H2,(H,11,12,13). The SMILES string of the molecule is NCc1nc(-c2cnccn2)n[nH]1. The number of aromatic amines is 1. The van der Waals surface area contributed by atoms with Gasteiger partial charge < -0.3 is 5.73 Å². The third-order valence-electron chi connectivity index (χ3n) is 1.52. The van der Waals surface area contributed by atoms with Crippen LogP contribution in [0.1, 0.15) is 5.82 Å². The third kappa shape index (κ3) is 1.52. The second-order valence-corrected chi connectivity index (χ2v) is 2.40. The number of rotatable bonds is 2. The minimum absolute atomic E-state index is 0.341. The summed E-state index contributed by atoms with van der Waals surface area (Å²) in [5, 5.41) is 6.64. The molecule has 0 bridgehead atoms. The van der Waals surface area contributed by atoms with Crippen LogP contribution in [0, 0.1) is 0 Å². The molecule has 2 rings (SSSR count). The van der Waals surface area contributed by atoms with Gasteiger partial charge in [0, 0.05) is 12.4 Å². The lowest BCUT2D eigenvalue weighted by atomic mass is 10.4. The van der Waals surface area contributed by atoms with Crippen LogP contribution < -0.4 is 5.73 Å². The van der Waals surface area contributed by atoms with E-state index in [1.807, 2.05) is 0 Å². The van der Waals surface area contributed by atoms with Gasteiger partial charge in [-0.25, -0.2) is 9.97 Å². The Labute approximate surface area is 74.2 Å². The number of aromatic nitrogens is 5. The van der Waals surface area contributed by atoms with Crippen molar-refractivity contribution >= 4 is 0 Å². The fourth-order valence-corrected chi connectivity index (χ4v) is 0.916. The second kappa shape index (κ2) is 3.28. The highest BCUT2D eigenvalue weighted by Crippen LogP contribution is 2.07. The first-order valence-corrected chi connectivity index (χ1v) is 3.78. The smallest absolute Gasteiger partial charge is 0.201 e. The molecule has 0 spiro atoms. The Kier molecular flexibility index (Phi) is 1.97. The monoisotopic (exact) mass is 176 g/mol. The van der Waals surface area contributed by atoms with Crippen molar-refractivity contribution in [2.24, 2.45) is 5.73 Å². The van der Waals surface area contributed by atoms with Crippen LogP contribution in [0.2, 0.25) is 0 Å². The van der Waals surface area contributed by atoms with E-state index in [1.54, 1.807) is 18.6 Å². The highest BCUT2D eigenvalue weighted by molar-refractivity contribution is 5.45. The van der Waals surface area contributed by atoms with E-state index in [9.17, 15) is 0 Å². The van der Waals surface area contributed by atoms with Gasteiger partial charge >= 0.3 is 0 Å². The first-order chi connectivity index (χ1) is 6.40. The van der Waals surface area contributed by atoms with Crippen molar-refractivity contribution in [2.75, 3.05) is 0 Å². The molecule has 66 valence electrons. The van der Waals surface area contributed by atoms with E-state index in [-0.39, 0.29) is 0 Å². The summed E-state index contributed by atoms with van der Waals surface area (Å²) in [6, 6.07) is 0. The summed E-state index contributed by atoms with van der Waals surface area (Å²) < 4.78 is 0. The minimum Gasteiger partial charge on any atom is -0.324 e. The van der Waals surface area contributed by atoms with Crippen molar-refractivity contribution in [3.05, 3.63) is 24.4 Å². The molecule has 0 aliphatic heterocycles. The van der Waals surface area contributed by atoms with Crippen LogP contribution in [0.15, 0.2) is 18.6 Å². The van der Waals surface area contributed by atoms with E-state index in [2.05, 4.69) is 25.1 Å². The molecule has 0 aliphatic carbocycles. The molecule has 0 aliphatic rings. The quantitative estimate of drug-likeness (QED) is 0.656. The Hall–Kier alpha value is -1.82. The number of hydrogen-bond donors (Lipinski definition) is 2. The largest absolute Gasteiger partial charge is 0.324 e. The maximum atomic E-state index is 5.37. The van der Waals surface area contributed by atoms with Crippen molar-refractivity contribution in [1.29, 1.82) is 0 Å². The summed E-state index contributed by atoms with van der Waals surface area (Å²) in [7, 11) is 0. The van der Waals surface area contributed by atoms with Gasteiger partial charge in [0.2, 0.25) is 5.82 Å². The Morgan fingerprint density at radius 1 is 1.38 bits per heavy atom. The van der Waals surface area contributed by atoms with Crippen LogP contribution in [0.5, 0.6) is 0 Å². The summed E-state index contributed by atoms with van der Waals surface area (Å²) in [6.45, 7) is 0.341. The van der Waals surface area contributed by atoms with E-state index in [0.29, 0.717) is 23.9 Å². The number of nitrogens with zero attached hydrogens (tertiary/aromatic N) is 4. The average Bonchev–Trinajstić information content (AvgIpc) is 2.67. The van der Waals surface area contributed by atoms with Crippen LogP contribution in [-0.2, 0) is 6.54 Å². The van der Waals surface area contributed by atoms with Gasteiger partial charge in [-0.3, -0.25) is 10.1 Å². The molecule has 6 nitrogen and oxygen atoms in total. The zero-order valence-corrected chi connectivity index (χ0v) is 6.81. The van der Waals surface area contributed by atoms with Gasteiger partial charge in [0.1, 0.15) is 11.5 Å². The van der Waals surface area contributed by atoms with Crippen LogP contribution >= 0.6 is 0 Å². The number of hydrogen-bond acceptors (Lipinski definition) is 5. The molecule has 2 heterocycles. The van der Waals surface area contributed by atoms with Crippen LogP contribution in [0.4, 0.5) is 0 Å². The average molecular weight is 176 g/mol. The zero-order valence-electron chi connectivity index (χ0n) is 6.81. The molecule has 0 fully saturated rings. The second-order valence-electron chi connectivity index (χ2n) is 2.40. The summed E-state index contributed by atoms with van der Waals surface area (Å²) in [5.41, 5.74) is 6.01. The molecule has 0 amide bonds. The van der Waals surface area contributed by atoms with E-state index in [4.69, 9.17) is 5.73 Å². The molecular formula is C7H8N6. The maximum Gasteiger partial charge on any atom is 0.201 e. The molecule has 0 saturated carbocycles. The van der Waals surface area contributed by atoms with Gasteiger partial charge in [-0.1, -0.05) is 0 Å². The molecule has 6 heteroatoms. The van der Waals surface area contributed by atoms with Gasteiger partial charge in [0.25, 0.3) is 0 Å². The maximum absolute atomic E-state index is 5.37. The van der Waals surface area contributed by atoms with E-state index < -0.39 is 0 Å². The Morgan fingerprint density at radius 3 is 2.92 bits per heavy atom. The number of nitrogens with one attached hydrogen (secondary N) is 1. The normalized spacial score (nSPS) is 10.2. The Bertz CT molecular complexity index is 381. The van der Waals surface area contributed by atoms with Crippen molar-refractivity contribution in [3.63, 3.8) is 0 Å². The van der Waals surface area contributed by atoms with E-state index in [1.165, 1.54) is 0 Å². The topological polar surface area (TPSA) is 93.4 Å². The van der Waals surface area contributed by atoms with Crippen LogP contribution in [0.25, 0.3) is 11.5 Å². The highest BCUT2D eigenvalue weighted by atomic mass is 15.2. The van der Waals surface area contributed by atoms with Crippen molar-refractivity contribution in [1.82, 2.24) is 25.1 Å². The molecule has 3 N–H and O–H groups in total. The highest BCUT2D eigenvalue weighted by Gasteiger charge is 2.04. The lowest BCUT2D eigenvalue weighted by Gasteiger charge is -1.89. The van der Waals surface area contributed by atoms with Gasteiger partial charge in [0.15, 0.2) is 0 Å². The van der Waals surface area contributed by atoms with E-state index >= 15 is 0 Å². The lowest BCUT2D eigenvalue weighted by molar-refractivity contribution is 0.917. The number of H-pyrrole nitrogens is 1. The lowest BCUT2D eigenvalue weighted by Crippen LogP contribution is -1.98. The molecule has 0 atom stereocenters.